The van der Waals surface area contributed by atoms with Crippen molar-refractivity contribution < 1.29 is 9.53 Å². The fraction of sp³-hybridized carbons (Fsp3) is 0.250. The first-order valence-corrected chi connectivity index (χ1v) is 8.71. The van der Waals surface area contributed by atoms with Crippen LogP contribution in [0.4, 0.5) is 5.82 Å². The first-order valence-electron chi connectivity index (χ1n) is 8.71. The lowest BCUT2D eigenvalue weighted by Crippen LogP contribution is -2.36. The van der Waals surface area contributed by atoms with Crippen molar-refractivity contribution in [2.45, 2.75) is 6.54 Å². The second kappa shape index (κ2) is 7.49. The minimum Gasteiger partial charge on any atom is -0.378 e. The molecule has 0 aliphatic carbocycles. The van der Waals surface area contributed by atoms with Gasteiger partial charge >= 0.3 is 0 Å². The van der Waals surface area contributed by atoms with Crippen LogP contribution in [-0.2, 0) is 11.3 Å². The molecule has 4 rings (SSSR count). The number of para-hydroxylation sites is 1. The number of carbonyl (C=O) groups excluding carboxylic acids is 1. The summed E-state index contributed by atoms with van der Waals surface area (Å²) in [5.74, 6) is 0.740. The van der Waals surface area contributed by atoms with Gasteiger partial charge in [-0.3, -0.25) is 4.79 Å². The Morgan fingerprint density at radius 1 is 1.12 bits per heavy atom. The number of pyridine rings is 2. The molecule has 3 heterocycles. The van der Waals surface area contributed by atoms with Gasteiger partial charge in [0.05, 0.1) is 18.7 Å². The fourth-order valence-corrected chi connectivity index (χ4v) is 3.00. The molecule has 0 spiro atoms. The molecule has 1 amide bonds. The number of benzene rings is 1. The molecule has 6 heteroatoms. The average Bonchev–Trinajstić information content (AvgIpc) is 2.72. The van der Waals surface area contributed by atoms with E-state index in [1.165, 1.54) is 0 Å². The highest BCUT2D eigenvalue weighted by atomic mass is 16.5. The van der Waals surface area contributed by atoms with Gasteiger partial charge in [-0.05, 0) is 29.8 Å². The highest BCUT2D eigenvalue weighted by Gasteiger charge is 2.13. The third-order valence-electron chi connectivity index (χ3n) is 4.43. The SMILES string of the molecule is O=C(NCc1ccnc(N2CCOCC2)c1)c1ccc2ccccc2n1. The molecular weight excluding hydrogens is 328 g/mol. The molecule has 1 N–H and O–H groups in total. The summed E-state index contributed by atoms with van der Waals surface area (Å²) < 4.78 is 5.38. The molecule has 0 saturated carbocycles. The Balaban J connectivity index is 1.43. The van der Waals surface area contributed by atoms with Crippen LogP contribution in [0.5, 0.6) is 0 Å². The Morgan fingerprint density at radius 3 is 2.85 bits per heavy atom. The third-order valence-corrected chi connectivity index (χ3v) is 4.43. The Kier molecular flexibility index (Phi) is 4.75. The summed E-state index contributed by atoms with van der Waals surface area (Å²) in [4.78, 5) is 23.5. The highest BCUT2D eigenvalue weighted by Crippen LogP contribution is 2.15. The monoisotopic (exact) mass is 348 g/mol. The number of rotatable bonds is 4. The van der Waals surface area contributed by atoms with E-state index in [1.54, 1.807) is 12.3 Å². The van der Waals surface area contributed by atoms with Crippen molar-refractivity contribution in [3.63, 3.8) is 0 Å². The molecule has 0 unspecified atom stereocenters. The summed E-state index contributed by atoms with van der Waals surface area (Å²) in [6.07, 6.45) is 1.78. The number of morpholine rings is 1. The molecule has 3 aromatic rings. The molecule has 1 aromatic carbocycles. The van der Waals surface area contributed by atoms with E-state index in [2.05, 4.69) is 20.2 Å². The predicted molar refractivity (Wildman–Crippen MR) is 100 cm³/mol. The molecule has 132 valence electrons. The van der Waals surface area contributed by atoms with E-state index in [0.29, 0.717) is 12.2 Å². The average molecular weight is 348 g/mol. The lowest BCUT2D eigenvalue weighted by Gasteiger charge is -2.28. The van der Waals surface area contributed by atoms with E-state index in [0.717, 1.165) is 48.6 Å². The van der Waals surface area contributed by atoms with Crippen molar-refractivity contribution in [2.75, 3.05) is 31.2 Å². The van der Waals surface area contributed by atoms with E-state index in [9.17, 15) is 4.79 Å². The molecule has 1 aliphatic rings. The molecule has 2 aromatic heterocycles. The zero-order valence-corrected chi connectivity index (χ0v) is 14.4. The highest BCUT2D eigenvalue weighted by molar-refractivity contribution is 5.94. The lowest BCUT2D eigenvalue weighted by atomic mass is 10.2. The number of amides is 1. The second-order valence-corrected chi connectivity index (χ2v) is 6.19. The van der Waals surface area contributed by atoms with Crippen LogP contribution in [0, 0.1) is 0 Å². The standard InChI is InChI=1S/C20H20N4O2/c25-20(18-6-5-16-3-1-2-4-17(16)23-18)22-14-15-7-8-21-19(13-15)24-9-11-26-12-10-24/h1-8,13H,9-12,14H2,(H,22,25). The fourth-order valence-electron chi connectivity index (χ4n) is 3.00. The van der Waals surface area contributed by atoms with E-state index in [1.807, 2.05) is 42.5 Å². The molecule has 0 radical (unpaired) electrons. The van der Waals surface area contributed by atoms with Crippen LogP contribution in [0.15, 0.2) is 54.7 Å². The Morgan fingerprint density at radius 2 is 1.96 bits per heavy atom. The van der Waals surface area contributed by atoms with Crippen molar-refractivity contribution in [3.8, 4) is 0 Å². The normalized spacial score (nSPS) is 14.4. The number of hydrogen-bond acceptors (Lipinski definition) is 5. The van der Waals surface area contributed by atoms with Gasteiger partial charge in [0, 0.05) is 31.2 Å². The number of nitrogens with zero attached hydrogens (tertiary/aromatic N) is 3. The van der Waals surface area contributed by atoms with Gasteiger partial charge in [0.25, 0.3) is 5.91 Å². The van der Waals surface area contributed by atoms with Crippen LogP contribution in [0.1, 0.15) is 16.1 Å². The minimum absolute atomic E-state index is 0.180. The minimum atomic E-state index is -0.180. The van der Waals surface area contributed by atoms with E-state index in [4.69, 9.17) is 4.74 Å². The van der Waals surface area contributed by atoms with Crippen molar-refractivity contribution in [3.05, 3.63) is 66.0 Å². The van der Waals surface area contributed by atoms with Crippen LogP contribution in [0.3, 0.4) is 0 Å². The van der Waals surface area contributed by atoms with Crippen molar-refractivity contribution in [1.29, 1.82) is 0 Å². The van der Waals surface area contributed by atoms with E-state index < -0.39 is 0 Å². The quantitative estimate of drug-likeness (QED) is 0.784. The first-order chi connectivity index (χ1) is 12.8. The number of anilines is 1. The van der Waals surface area contributed by atoms with Gasteiger partial charge in [-0.1, -0.05) is 24.3 Å². The van der Waals surface area contributed by atoms with Crippen LogP contribution >= 0.6 is 0 Å². The van der Waals surface area contributed by atoms with Gasteiger partial charge in [-0.2, -0.15) is 0 Å². The number of fused-ring (bicyclic) bond motifs is 1. The van der Waals surface area contributed by atoms with E-state index in [-0.39, 0.29) is 5.91 Å². The predicted octanol–water partition coefficient (Wildman–Crippen LogP) is 2.40. The van der Waals surface area contributed by atoms with Gasteiger partial charge in [0.15, 0.2) is 0 Å². The zero-order chi connectivity index (χ0) is 17.8. The summed E-state index contributed by atoms with van der Waals surface area (Å²) in [7, 11) is 0. The van der Waals surface area contributed by atoms with Gasteiger partial charge in [0.1, 0.15) is 11.5 Å². The Hall–Kier alpha value is -2.99. The van der Waals surface area contributed by atoms with Crippen LogP contribution in [-0.4, -0.2) is 42.2 Å². The number of ether oxygens (including phenoxy) is 1. The molecule has 0 bridgehead atoms. The van der Waals surface area contributed by atoms with Crippen LogP contribution in [0.2, 0.25) is 0 Å². The summed E-state index contributed by atoms with van der Waals surface area (Å²) in [6, 6.07) is 15.4. The maximum atomic E-state index is 12.4. The third kappa shape index (κ3) is 3.65. The number of aromatic nitrogens is 2. The van der Waals surface area contributed by atoms with Crippen molar-refractivity contribution >= 4 is 22.6 Å². The molecule has 1 saturated heterocycles. The number of carbonyl (C=O) groups is 1. The molecular formula is C20H20N4O2. The van der Waals surface area contributed by atoms with Crippen molar-refractivity contribution in [2.24, 2.45) is 0 Å². The lowest BCUT2D eigenvalue weighted by molar-refractivity contribution is 0.0946. The molecule has 26 heavy (non-hydrogen) atoms. The zero-order valence-electron chi connectivity index (χ0n) is 14.4. The summed E-state index contributed by atoms with van der Waals surface area (Å²) in [5.41, 5.74) is 2.25. The summed E-state index contributed by atoms with van der Waals surface area (Å²) in [6.45, 7) is 3.55. The molecule has 6 nitrogen and oxygen atoms in total. The molecule has 1 fully saturated rings. The van der Waals surface area contributed by atoms with Gasteiger partial charge in [-0.25, -0.2) is 9.97 Å². The molecule has 0 atom stereocenters. The summed E-state index contributed by atoms with van der Waals surface area (Å²) >= 11 is 0. The van der Waals surface area contributed by atoms with Gasteiger partial charge in [0.2, 0.25) is 0 Å². The Bertz CT molecular complexity index is 922. The largest absolute Gasteiger partial charge is 0.378 e. The summed E-state index contributed by atoms with van der Waals surface area (Å²) in [5, 5.41) is 3.96. The number of nitrogens with one attached hydrogen (secondary N) is 1. The maximum absolute atomic E-state index is 12.4. The van der Waals surface area contributed by atoms with Gasteiger partial charge < -0.3 is 15.0 Å². The molecule has 1 aliphatic heterocycles. The van der Waals surface area contributed by atoms with E-state index >= 15 is 0 Å². The smallest absolute Gasteiger partial charge is 0.270 e. The number of hydrogen-bond donors (Lipinski definition) is 1. The topological polar surface area (TPSA) is 67.4 Å². The Labute approximate surface area is 151 Å². The second-order valence-electron chi connectivity index (χ2n) is 6.19. The van der Waals surface area contributed by atoms with Gasteiger partial charge in [-0.15, -0.1) is 0 Å². The maximum Gasteiger partial charge on any atom is 0.270 e. The van der Waals surface area contributed by atoms with Crippen LogP contribution < -0.4 is 10.2 Å². The van der Waals surface area contributed by atoms with Crippen molar-refractivity contribution in [1.82, 2.24) is 15.3 Å². The van der Waals surface area contributed by atoms with Crippen LogP contribution in [0.25, 0.3) is 10.9 Å². The first kappa shape index (κ1) is 16.5.